The molecule has 39 heavy (non-hydrogen) atoms. The number of nitrogens with zero attached hydrogens (tertiary/aromatic N) is 2. The first kappa shape index (κ1) is 32.2. The van der Waals surface area contributed by atoms with Crippen LogP contribution in [0.3, 0.4) is 0 Å². The maximum atomic E-state index is 15.3. The summed E-state index contributed by atoms with van der Waals surface area (Å²) in [6.07, 6.45) is 3.33. The molecule has 2 heterocycles. The predicted octanol–water partition coefficient (Wildman–Crippen LogP) is 6.88. The van der Waals surface area contributed by atoms with Gasteiger partial charge in [0, 0.05) is 29.9 Å². The Morgan fingerprint density at radius 3 is 2.23 bits per heavy atom. The van der Waals surface area contributed by atoms with E-state index in [1.165, 1.54) is 42.0 Å². The lowest BCUT2D eigenvalue weighted by molar-refractivity contribution is -0.137. The van der Waals surface area contributed by atoms with Crippen LogP contribution >= 0.6 is 0 Å². The molecule has 0 spiro atoms. The zero-order chi connectivity index (χ0) is 29.9. The van der Waals surface area contributed by atoms with E-state index in [-0.39, 0.29) is 34.0 Å². The molecule has 2 aromatic carbocycles. The second-order valence-corrected chi connectivity index (χ2v) is 7.21. The van der Waals surface area contributed by atoms with Crippen LogP contribution in [-0.2, 0) is 15.8 Å². The van der Waals surface area contributed by atoms with Gasteiger partial charge in [-0.1, -0.05) is 25.8 Å². The Hall–Kier alpha value is -4.85. The molecule has 0 aliphatic carbocycles. The second kappa shape index (κ2) is 14.2. The van der Waals surface area contributed by atoms with E-state index in [1.54, 1.807) is 0 Å². The first-order valence-corrected chi connectivity index (χ1v) is 11.1. The monoisotopic (exact) mass is 545 g/mol. The Kier molecular flexibility index (Phi) is 11.7. The minimum Gasteiger partial charge on any atom is -0.353 e. The highest BCUT2D eigenvalue weighted by atomic mass is 19.4. The van der Waals surface area contributed by atoms with E-state index in [9.17, 15) is 22.4 Å². The average molecular weight is 546 g/mol. The number of rotatable bonds is 4. The Morgan fingerprint density at radius 2 is 1.67 bits per heavy atom. The number of Topliss-reactive ketones (excluding diaryl/α,β-unsaturated/α-hetero) is 1. The number of carbonyl (C=O) groups is 3. The van der Waals surface area contributed by atoms with Crippen LogP contribution in [0.2, 0.25) is 0 Å². The summed E-state index contributed by atoms with van der Waals surface area (Å²) in [5, 5.41) is 2.55. The molecule has 0 amide bonds. The molecule has 0 bridgehead atoms. The standard InChI is InChI=1S/C24H14F5N3O.C2H6.2CH2O/c1-3-14-8-16(24(27,28)29)10-17(9-14)31-19-6-5-18(25)21(22(19)26)15-4-7-20-23(13(2)33)30-12-32(20)11-15;3*1-2/h1,4-12,31H,2H3;1-2H3;2*1H2. The fourth-order valence-corrected chi connectivity index (χ4v) is 3.44. The summed E-state index contributed by atoms with van der Waals surface area (Å²) in [6, 6.07) is 7.83. The minimum atomic E-state index is -4.66. The third kappa shape index (κ3) is 7.35. The van der Waals surface area contributed by atoms with E-state index in [0.717, 1.165) is 24.3 Å². The highest BCUT2D eigenvalue weighted by molar-refractivity contribution is 5.99. The van der Waals surface area contributed by atoms with Crippen molar-refractivity contribution in [1.29, 1.82) is 0 Å². The molecule has 204 valence electrons. The number of fused-ring (bicyclic) bond motifs is 1. The Bertz CT molecular complexity index is 1490. The summed E-state index contributed by atoms with van der Waals surface area (Å²) in [4.78, 5) is 31.6. The third-order valence-electron chi connectivity index (χ3n) is 4.95. The minimum absolute atomic E-state index is 0.0538. The molecule has 0 fully saturated rings. The Labute approximate surface area is 221 Å². The molecule has 6 nitrogen and oxygen atoms in total. The van der Waals surface area contributed by atoms with Gasteiger partial charge < -0.3 is 19.3 Å². The lowest BCUT2D eigenvalue weighted by Crippen LogP contribution is -2.07. The van der Waals surface area contributed by atoms with Crippen LogP contribution in [0.25, 0.3) is 16.6 Å². The molecule has 0 aliphatic heterocycles. The van der Waals surface area contributed by atoms with Crippen molar-refractivity contribution >= 4 is 36.3 Å². The molecular weight excluding hydrogens is 521 g/mol. The van der Waals surface area contributed by atoms with Crippen LogP contribution in [-0.4, -0.2) is 28.7 Å². The molecule has 2 aromatic heterocycles. The summed E-state index contributed by atoms with van der Waals surface area (Å²) >= 11 is 0. The van der Waals surface area contributed by atoms with E-state index >= 15 is 4.39 Å². The van der Waals surface area contributed by atoms with Gasteiger partial charge in [-0.25, -0.2) is 13.8 Å². The van der Waals surface area contributed by atoms with Crippen molar-refractivity contribution in [2.45, 2.75) is 26.9 Å². The maximum absolute atomic E-state index is 15.3. The van der Waals surface area contributed by atoms with Crippen LogP contribution < -0.4 is 5.32 Å². The lowest BCUT2D eigenvalue weighted by atomic mass is 10.0. The summed E-state index contributed by atoms with van der Waals surface area (Å²) in [6.45, 7) is 9.35. The van der Waals surface area contributed by atoms with Crippen molar-refractivity contribution in [3.8, 4) is 23.5 Å². The number of ketones is 1. The Morgan fingerprint density at radius 1 is 1.03 bits per heavy atom. The van der Waals surface area contributed by atoms with Gasteiger partial charge in [-0.15, -0.1) is 6.42 Å². The van der Waals surface area contributed by atoms with Gasteiger partial charge in [0.25, 0.3) is 0 Å². The number of imidazole rings is 1. The summed E-state index contributed by atoms with van der Waals surface area (Å²) in [7, 11) is 0. The number of alkyl halides is 3. The van der Waals surface area contributed by atoms with Gasteiger partial charge >= 0.3 is 6.18 Å². The molecule has 0 unspecified atom stereocenters. The van der Waals surface area contributed by atoms with E-state index < -0.39 is 28.9 Å². The zero-order valence-corrected chi connectivity index (χ0v) is 21.2. The van der Waals surface area contributed by atoms with Crippen LogP contribution in [0.5, 0.6) is 0 Å². The number of aromatic nitrogens is 2. The van der Waals surface area contributed by atoms with Crippen molar-refractivity contribution in [2.24, 2.45) is 0 Å². The van der Waals surface area contributed by atoms with Gasteiger partial charge in [-0.3, -0.25) is 4.79 Å². The largest absolute Gasteiger partial charge is 0.416 e. The molecule has 1 N–H and O–H groups in total. The van der Waals surface area contributed by atoms with Crippen molar-refractivity contribution in [2.75, 3.05) is 5.32 Å². The van der Waals surface area contributed by atoms with E-state index in [4.69, 9.17) is 16.0 Å². The van der Waals surface area contributed by atoms with E-state index in [0.29, 0.717) is 5.52 Å². The Balaban J connectivity index is 0.00000119. The number of benzene rings is 2. The SMILES string of the molecule is C#Cc1cc(Nc2ccc(F)c(-c3ccc4c(C(C)=O)ncn4c3)c2F)cc(C(F)(F)F)c1.C=O.C=O.CC. The quantitative estimate of drug-likeness (QED) is 0.172. The first-order chi connectivity index (χ1) is 18.6. The average Bonchev–Trinajstić information content (AvgIpc) is 3.37. The number of anilines is 2. The van der Waals surface area contributed by atoms with Crippen LogP contribution in [0.4, 0.5) is 33.3 Å². The third-order valence-corrected chi connectivity index (χ3v) is 4.95. The predicted molar refractivity (Wildman–Crippen MR) is 139 cm³/mol. The van der Waals surface area contributed by atoms with Gasteiger partial charge in [-0.05, 0) is 36.4 Å². The highest BCUT2D eigenvalue weighted by Crippen LogP contribution is 2.35. The topological polar surface area (TPSA) is 80.5 Å². The number of hydrogen-bond acceptors (Lipinski definition) is 5. The number of nitrogens with one attached hydrogen (secondary N) is 1. The molecular formula is C28H24F5N3O3. The molecule has 0 atom stereocenters. The second-order valence-electron chi connectivity index (χ2n) is 7.21. The van der Waals surface area contributed by atoms with Gasteiger partial charge in [0.05, 0.1) is 22.3 Å². The van der Waals surface area contributed by atoms with Gasteiger partial charge in [0.15, 0.2) is 11.6 Å². The molecule has 0 aliphatic rings. The van der Waals surface area contributed by atoms with Crippen molar-refractivity contribution in [3.05, 3.63) is 83.4 Å². The molecule has 0 saturated carbocycles. The number of pyridine rings is 1. The molecule has 4 rings (SSSR count). The number of terminal acetylenes is 1. The van der Waals surface area contributed by atoms with Gasteiger partial charge in [0.2, 0.25) is 0 Å². The van der Waals surface area contributed by atoms with E-state index in [1.807, 2.05) is 27.4 Å². The van der Waals surface area contributed by atoms with Crippen molar-refractivity contribution in [3.63, 3.8) is 0 Å². The normalized spacial score (nSPS) is 10.0. The number of halogens is 5. The van der Waals surface area contributed by atoms with Crippen molar-refractivity contribution in [1.82, 2.24) is 9.38 Å². The lowest BCUT2D eigenvalue weighted by Gasteiger charge is -2.15. The van der Waals surface area contributed by atoms with Crippen LogP contribution in [0.15, 0.2) is 55.0 Å². The maximum Gasteiger partial charge on any atom is 0.416 e. The smallest absolute Gasteiger partial charge is 0.353 e. The van der Waals surface area contributed by atoms with Crippen LogP contribution in [0.1, 0.15) is 42.4 Å². The number of carbonyl (C=O) groups excluding carboxylic acids is 3. The van der Waals surface area contributed by atoms with Crippen LogP contribution in [0, 0.1) is 24.0 Å². The summed E-state index contributed by atoms with van der Waals surface area (Å²) < 4.78 is 70.9. The number of hydrogen-bond donors (Lipinski definition) is 1. The summed E-state index contributed by atoms with van der Waals surface area (Å²) in [5.41, 5.74) is -0.990. The van der Waals surface area contributed by atoms with E-state index in [2.05, 4.69) is 16.2 Å². The molecule has 11 heteroatoms. The fourth-order valence-electron chi connectivity index (χ4n) is 3.44. The van der Waals surface area contributed by atoms with Gasteiger partial charge in [0.1, 0.15) is 31.4 Å². The summed E-state index contributed by atoms with van der Waals surface area (Å²) in [5.74, 6) is -0.0259. The molecule has 0 saturated heterocycles. The van der Waals surface area contributed by atoms with Crippen molar-refractivity contribution < 1.29 is 36.3 Å². The molecule has 4 aromatic rings. The zero-order valence-electron chi connectivity index (χ0n) is 21.2. The fraction of sp³-hybridized carbons (Fsp3) is 0.143. The molecule has 0 radical (unpaired) electrons. The van der Waals surface area contributed by atoms with Gasteiger partial charge in [-0.2, -0.15) is 13.2 Å². The highest BCUT2D eigenvalue weighted by Gasteiger charge is 2.31. The first-order valence-electron chi connectivity index (χ1n) is 11.1.